The summed E-state index contributed by atoms with van der Waals surface area (Å²) in [6.07, 6.45) is 1.45. The second kappa shape index (κ2) is 4.28. The fourth-order valence-electron chi connectivity index (χ4n) is 1.31. The van der Waals surface area contributed by atoms with Crippen LogP contribution in [0.5, 0.6) is 0 Å². The Kier molecular flexibility index (Phi) is 2.99. The molecule has 0 unspecified atom stereocenters. The van der Waals surface area contributed by atoms with Gasteiger partial charge in [0.15, 0.2) is 11.6 Å². The van der Waals surface area contributed by atoms with Crippen LogP contribution >= 0.6 is 23.2 Å². The third kappa shape index (κ3) is 2.10. The zero-order valence-corrected chi connectivity index (χ0v) is 9.56. The molecule has 1 heterocycles. The van der Waals surface area contributed by atoms with Crippen LogP contribution < -0.4 is 5.73 Å². The summed E-state index contributed by atoms with van der Waals surface area (Å²) in [5, 5.41) is 1.01. The Morgan fingerprint density at radius 2 is 1.94 bits per heavy atom. The van der Waals surface area contributed by atoms with E-state index >= 15 is 0 Å². The van der Waals surface area contributed by atoms with Gasteiger partial charge in [-0.05, 0) is 24.3 Å². The quantitative estimate of drug-likeness (QED) is 0.844. The molecule has 82 valence electrons. The number of hydrogen-bond donors (Lipinski definition) is 1. The molecule has 0 spiro atoms. The molecule has 2 aromatic rings. The summed E-state index contributed by atoms with van der Waals surface area (Å²) in [5.41, 5.74) is 6.46. The first-order valence-corrected chi connectivity index (χ1v) is 5.20. The molecule has 1 aromatic carbocycles. The third-order valence-electron chi connectivity index (χ3n) is 2.11. The summed E-state index contributed by atoms with van der Waals surface area (Å²) in [6.45, 7) is 0. The van der Waals surface area contributed by atoms with E-state index in [2.05, 4.69) is 4.98 Å². The predicted molar refractivity (Wildman–Crippen MR) is 64.1 cm³/mol. The van der Waals surface area contributed by atoms with Gasteiger partial charge >= 0.3 is 0 Å². The van der Waals surface area contributed by atoms with E-state index in [1.54, 1.807) is 18.2 Å². The largest absolute Gasteiger partial charge is 0.381 e. The van der Waals surface area contributed by atoms with E-state index in [-0.39, 0.29) is 5.82 Å². The Morgan fingerprint density at radius 3 is 2.62 bits per heavy atom. The molecule has 0 saturated carbocycles. The number of pyridine rings is 1. The van der Waals surface area contributed by atoms with Crippen molar-refractivity contribution in [1.29, 1.82) is 0 Å². The van der Waals surface area contributed by atoms with Crippen LogP contribution in [0.15, 0.2) is 30.5 Å². The Labute approximate surface area is 102 Å². The molecule has 16 heavy (non-hydrogen) atoms. The highest BCUT2D eigenvalue weighted by Gasteiger charge is 2.07. The summed E-state index contributed by atoms with van der Waals surface area (Å²) in [7, 11) is 0. The SMILES string of the molecule is Nc1ncc(-c2cc(Cl)ccc2Cl)cc1F. The molecule has 2 nitrogen and oxygen atoms in total. The first kappa shape index (κ1) is 11.2. The smallest absolute Gasteiger partial charge is 0.165 e. The molecule has 0 aliphatic heterocycles. The minimum absolute atomic E-state index is 0.137. The van der Waals surface area contributed by atoms with E-state index in [0.717, 1.165) is 0 Å². The average Bonchev–Trinajstić information content (AvgIpc) is 2.26. The number of halogens is 3. The molecule has 0 fully saturated rings. The van der Waals surface area contributed by atoms with Gasteiger partial charge < -0.3 is 5.73 Å². The van der Waals surface area contributed by atoms with Crippen molar-refractivity contribution < 1.29 is 4.39 Å². The highest BCUT2D eigenvalue weighted by atomic mass is 35.5. The molecule has 0 saturated heterocycles. The molecule has 0 radical (unpaired) electrons. The fraction of sp³-hybridized carbons (Fsp3) is 0. The normalized spacial score (nSPS) is 10.4. The predicted octanol–water partition coefficient (Wildman–Crippen LogP) is 3.78. The maximum Gasteiger partial charge on any atom is 0.165 e. The first-order chi connectivity index (χ1) is 7.58. The minimum Gasteiger partial charge on any atom is -0.381 e. The van der Waals surface area contributed by atoms with Crippen LogP contribution in [0.2, 0.25) is 10.0 Å². The molecule has 0 bridgehead atoms. The second-order valence-corrected chi connectivity index (χ2v) is 4.06. The number of benzene rings is 1. The molecule has 0 atom stereocenters. The Hall–Kier alpha value is -1.32. The minimum atomic E-state index is -0.575. The lowest BCUT2D eigenvalue weighted by molar-refractivity contribution is 0.628. The van der Waals surface area contributed by atoms with E-state index in [0.29, 0.717) is 21.2 Å². The third-order valence-corrected chi connectivity index (χ3v) is 2.67. The first-order valence-electron chi connectivity index (χ1n) is 4.44. The van der Waals surface area contributed by atoms with Gasteiger partial charge in [0.05, 0.1) is 0 Å². The average molecular weight is 257 g/mol. The van der Waals surface area contributed by atoms with Crippen molar-refractivity contribution in [1.82, 2.24) is 4.98 Å². The Bertz CT molecular complexity index is 544. The monoisotopic (exact) mass is 256 g/mol. The number of anilines is 1. The number of hydrogen-bond acceptors (Lipinski definition) is 2. The maximum absolute atomic E-state index is 13.2. The van der Waals surface area contributed by atoms with Gasteiger partial charge in [-0.3, -0.25) is 0 Å². The zero-order chi connectivity index (χ0) is 11.7. The van der Waals surface area contributed by atoms with E-state index in [4.69, 9.17) is 28.9 Å². The maximum atomic E-state index is 13.2. The summed E-state index contributed by atoms with van der Waals surface area (Å²) >= 11 is 11.8. The number of rotatable bonds is 1. The van der Waals surface area contributed by atoms with E-state index in [9.17, 15) is 4.39 Å². The second-order valence-electron chi connectivity index (χ2n) is 3.22. The van der Waals surface area contributed by atoms with Gasteiger partial charge in [-0.25, -0.2) is 9.37 Å². The highest BCUT2D eigenvalue weighted by molar-refractivity contribution is 6.35. The molecule has 5 heteroatoms. The van der Waals surface area contributed by atoms with Gasteiger partial charge in [0.1, 0.15) is 0 Å². The van der Waals surface area contributed by atoms with Gasteiger partial charge in [0.25, 0.3) is 0 Å². The van der Waals surface area contributed by atoms with Crippen LogP contribution in [-0.4, -0.2) is 4.98 Å². The van der Waals surface area contributed by atoms with Crippen LogP contribution in [0.25, 0.3) is 11.1 Å². The lowest BCUT2D eigenvalue weighted by Crippen LogP contribution is -1.95. The number of nitrogens with zero attached hydrogens (tertiary/aromatic N) is 1. The zero-order valence-electron chi connectivity index (χ0n) is 8.05. The molecule has 0 aliphatic carbocycles. The van der Waals surface area contributed by atoms with E-state index in [1.807, 2.05) is 0 Å². The lowest BCUT2D eigenvalue weighted by atomic mass is 10.1. The van der Waals surface area contributed by atoms with Crippen LogP contribution in [0.3, 0.4) is 0 Å². The van der Waals surface area contributed by atoms with Crippen molar-refractivity contribution in [2.45, 2.75) is 0 Å². The molecule has 0 aliphatic rings. The number of nitrogen functional groups attached to an aromatic ring is 1. The Balaban J connectivity index is 2.58. The van der Waals surface area contributed by atoms with Crippen molar-refractivity contribution in [3.63, 3.8) is 0 Å². The van der Waals surface area contributed by atoms with Gasteiger partial charge in [-0.2, -0.15) is 0 Å². The van der Waals surface area contributed by atoms with Crippen LogP contribution in [-0.2, 0) is 0 Å². The van der Waals surface area contributed by atoms with Crippen molar-refractivity contribution in [3.05, 3.63) is 46.3 Å². The molecular weight excluding hydrogens is 250 g/mol. The van der Waals surface area contributed by atoms with E-state index < -0.39 is 5.82 Å². The van der Waals surface area contributed by atoms with Gasteiger partial charge in [-0.1, -0.05) is 23.2 Å². The molecule has 2 rings (SSSR count). The molecule has 0 amide bonds. The van der Waals surface area contributed by atoms with Crippen molar-refractivity contribution in [2.75, 3.05) is 5.73 Å². The van der Waals surface area contributed by atoms with Gasteiger partial charge in [-0.15, -0.1) is 0 Å². The topological polar surface area (TPSA) is 38.9 Å². The molecule has 2 N–H and O–H groups in total. The summed E-state index contributed by atoms with van der Waals surface area (Å²) in [4.78, 5) is 3.73. The summed E-state index contributed by atoms with van der Waals surface area (Å²) in [6, 6.07) is 6.23. The van der Waals surface area contributed by atoms with Crippen molar-refractivity contribution in [3.8, 4) is 11.1 Å². The Morgan fingerprint density at radius 1 is 1.19 bits per heavy atom. The van der Waals surface area contributed by atoms with Crippen molar-refractivity contribution in [2.24, 2.45) is 0 Å². The number of aromatic nitrogens is 1. The van der Waals surface area contributed by atoms with E-state index in [1.165, 1.54) is 12.3 Å². The van der Waals surface area contributed by atoms with Crippen LogP contribution in [0.4, 0.5) is 10.2 Å². The van der Waals surface area contributed by atoms with Crippen molar-refractivity contribution >= 4 is 29.0 Å². The standard InChI is InChI=1S/C11H7Cl2FN2/c12-7-1-2-9(13)8(4-7)6-3-10(14)11(15)16-5-6/h1-5H,(H2,15,16). The highest BCUT2D eigenvalue weighted by Crippen LogP contribution is 2.30. The van der Waals surface area contributed by atoms with Crippen LogP contribution in [0, 0.1) is 5.82 Å². The van der Waals surface area contributed by atoms with Gasteiger partial charge in [0.2, 0.25) is 0 Å². The lowest BCUT2D eigenvalue weighted by Gasteiger charge is -2.05. The molecular formula is C11H7Cl2FN2. The fourth-order valence-corrected chi connectivity index (χ4v) is 1.71. The summed E-state index contributed by atoms with van der Waals surface area (Å²) in [5.74, 6) is -0.713. The van der Waals surface area contributed by atoms with Crippen LogP contribution in [0.1, 0.15) is 0 Å². The van der Waals surface area contributed by atoms with Gasteiger partial charge in [0, 0.05) is 27.4 Å². The number of nitrogens with two attached hydrogens (primary N) is 1. The summed E-state index contributed by atoms with van der Waals surface area (Å²) < 4.78 is 13.2. The molecule has 1 aromatic heterocycles.